The van der Waals surface area contributed by atoms with Crippen molar-refractivity contribution in [2.75, 3.05) is 5.32 Å². The molecule has 3 rings (SSSR count). The molecule has 0 aliphatic heterocycles. The summed E-state index contributed by atoms with van der Waals surface area (Å²) in [6.45, 7) is 3.75. The summed E-state index contributed by atoms with van der Waals surface area (Å²) in [6, 6.07) is 19.7. The molecule has 5 nitrogen and oxygen atoms in total. The minimum absolute atomic E-state index is 0.0572. The summed E-state index contributed by atoms with van der Waals surface area (Å²) in [5.41, 5.74) is 2.04. The van der Waals surface area contributed by atoms with Crippen molar-refractivity contribution in [3.63, 3.8) is 0 Å². The van der Waals surface area contributed by atoms with Crippen LogP contribution < -0.4 is 15.5 Å². The SMILES string of the molecule is Cc1cc(=O)cc(C)n1CC(=O)Nc1ccccc1Oc1ccccc1. The topological polar surface area (TPSA) is 60.3 Å². The number of nitrogens with one attached hydrogen (secondary N) is 1. The van der Waals surface area contributed by atoms with Crippen LogP contribution in [-0.4, -0.2) is 10.5 Å². The van der Waals surface area contributed by atoms with Gasteiger partial charge in [0.2, 0.25) is 5.91 Å². The van der Waals surface area contributed by atoms with Gasteiger partial charge in [-0.25, -0.2) is 0 Å². The number of aryl methyl sites for hydroxylation is 2. The number of nitrogens with zero attached hydrogens (tertiary/aromatic N) is 1. The monoisotopic (exact) mass is 348 g/mol. The normalized spacial score (nSPS) is 10.4. The number of aromatic nitrogens is 1. The predicted octanol–water partition coefficient (Wildman–Crippen LogP) is 3.90. The molecule has 0 aliphatic carbocycles. The summed E-state index contributed by atoms with van der Waals surface area (Å²) >= 11 is 0. The molecule has 0 unspecified atom stereocenters. The lowest BCUT2D eigenvalue weighted by atomic mass is 10.2. The van der Waals surface area contributed by atoms with E-state index in [4.69, 9.17) is 4.74 Å². The zero-order chi connectivity index (χ0) is 18.5. The van der Waals surface area contributed by atoms with Crippen molar-refractivity contribution in [2.45, 2.75) is 20.4 Å². The van der Waals surface area contributed by atoms with E-state index in [-0.39, 0.29) is 17.9 Å². The molecule has 26 heavy (non-hydrogen) atoms. The van der Waals surface area contributed by atoms with Crippen LogP contribution in [0.2, 0.25) is 0 Å². The van der Waals surface area contributed by atoms with Crippen LogP contribution in [0.15, 0.2) is 71.5 Å². The Morgan fingerprint density at radius 2 is 1.58 bits per heavy atom. The van der Waals surface area contributed by atoms with Crippen LogP contribution in [0, 0.1) is 13.8 Å². The molecule has 0 saturated heterocycles. The van der Waals surface area contributed by atoms with Gasteiger partial charge in [-0.3, -0.25) is 9.59 Å². The highest BCUT2D eigenvalue weighted by Crippen LogP contribution is 2.29. The first-order chi connectivity index (χ1) is 12.5. The van der Waals surface area contributed by atoms with Gasteiger partial charge in [-0.2, -0.15) is 0 Å². The second-order valence-electron chi connectivity index (χ2n) is 6.02. The Hall–Kier alpha value is -3.34. The van der Waals surface area contributed by atoms with Gasteiger partial charge in [0, 0.05) is 23.5 Å². The second kappa shape index (κ2) is 7.70. The van der Waals surface area contributed by atoms with E-state index in [0.717, 1.165) is 11.4 Å². The van der Waals surface area contributed by atoms with E-state index in [1.807, 2.05) is 56.3 Å². The summed E-state index contributed by atoms with van der Waals surface area (Å²) in [4.78, 5) is 24.0. The fourth-order valence-electron chi connectivity index (χ4n) is 2.74. The molecule has 132 valence electrons. The first-order valence-electron chi connectivity index (χ1n) is 8.33. The number of anilines is 1. The maximum Gasteiger partial charge on any atom is 0.244 e. The van der Waals surface area contributed by atoms with Gasteiger partial charge in [0.1, 0.15) is 12.3 Å². The molecule has 0 spiro atoms. The second-order valence-corrected chi connectivity index (χ2v) is 6.02. The van der Waals surface area contributed by atoms with E-state index in [9.17, 15) is 9.59 Å². The third kappa shape index (κ3) is 4.19. The highest BCUT2D eigenvalue weighted by molar-refractivity contribution is 5.92. The smallest absolute Gasteiger partial charge is 0.244 e. The third-order valence-corrected chi connectivity index (χ3v) is 3.99. The number of benzene rings is 2. The largest absolute Gasteiger partial charge is 0.455 e. The minimum Gasteiger partial charge on any atom is -0.455 e. The van der Waals surface area contributed by atoms with Crippen LogP contribution in [0.25, 0.3) is 0 Å². The first-order valence-corrected chi connectivity index (χ1v) is 8.33. The minimum atomic E-state index is -0.191. The number of para-hydroxylation sites is 3. The number of rotatable bonds is 5. The van der Waals surface area contributed by atoms with Crippen LogP contribution in [0.3, 0.4) is 0 Å². The Bertz CT molecular complexity index is 952. The number of ether oxygens (including phenoxy) is 1. The Kier molecular flexibility index (Phi) is 5.17. The van der Waals surface area contributed by atoms with E-state index >= 15 is 0 Å². The quantitative estimate of drug-likeness (QED) is 0.761. The molecule has 0 atom stereocenters. The standard InChI is InChI=1S/C21H20N2O3/c1-15-12-17(24)13-16(2)23(15)14-21(25)22-19-10-6-7-11-20(19)26-18-8-4-3-5-9-18/h3-13H,14H2,1-2H3,(H,22,25). The lowest BCUT2D eigenvalue weighted by molar-refractivity contribution is -0.116. The van der Waals surface area contributed by atoms with Crippen molar-refractivity contribution >= 4 is 11.6 Å². The number of amides is 1. The Morgan fingerprint density at radius 1 is 0.962 bits per heavy atom. The maximum absolute atomic E-state index is 12.5. The zero-order valence-electron chi connectivity index (χ0n) is 14.7. The molecule has 1 heterocycles. The maximum atomic E-state index is 12.5. The van der Waals surface area contributed by atoms with Gasteiger partial charge in [-0.05, 0) is 38.1 Å². The molecule has 5 heteroatoms. The molecule has 1 aromatic heterocycles. The molecular weight excluding hydrogens is 328 g/mol. The van der Waals surface area contributed by atoms with Crippen molar-refractivity contribution in [1.29, 1.82) is 0 Å². The lowest BCUT2D eigenvalue weighted by Crippen LogP contribution is -2.23. The van der Waals surface area contributed by atoms with Gasteiger partial charge in [-0.1, -0.05) is 30.3 Å². The Morgan fingerprint density at radius 3 is 2.27 bits per heavy atom. The Labute approximate surface area is 151 Å². The van der Waals surface area contributed by atoms with Gasteiger partial charge < -0.3 is 14.6 Å². The van der Waals surface area contributed by atoms with E-state index in [1.54, 1.807) is 16.7 Å². The lowest BCUT2D eigenvalue weighted by Gasteiger charge is -2.15. The van der Waals surface area contributed by atoms with Gasteiger partial charge in [0.15, 0.2) is 11.2 Å². The molecule has 0 bridgehead atoms. The highest BCUT2D eigenvalue weighted by atomic mass is 16.5. The van der Waals surface area contributed by atoms with E-state index in [1.165, 1.54) is 12.1 Å². The van der Waals surface area contributed by atoms with Gasteiger partial charge in [0.25, 0.3) is 0 Å². The summed E-state index contributed by atoms with van der Waals surface area (Å²) in [6.07, 6.45) is 0. The van der Waals surface area contributed by atoms with Crippen LogP contribution in [-0.2, 0) is 11.3 Å². The van der Waals surface area contributed by atoms with Gasteiger partial charge in [0.05, 0.1) is 5.69 Å². The molecular formula is C21H20N2O3. The number of hydrogen-bond acceptors (Lipinski definition) is 3. The van der Waals surface area contributed by atoms with Crippen LogP contribution in [0.1, 0.15) is 11.4 Å². The molecule has 0 aliphatic rings. The highest BCUT2D eigenvalue weighted by Gasteiger charge is 2.11. The summed E-state index contributed by atoms with van der Waals surface area (Å²) < 4.78 is 7.66. The molecule has 0 saturated carbocycles. The van der Waals surface area contributed by atoms with Gasteiger partial charge in [-0.15, -0.1) is 0 Å². The molecule has 1 amide bonds. The van der Waals surface area contributed by atoms with Crippen LogP contribution in [0.4, 0.5) is 5.69 Å². The molecule has 2 aromatic carbocycles. The number of hydrogen-bond donors (Lipinski definition) is 1. The molecule has 1 N–H and O–H groups in total. The zero-order valence-corrected chi connectivity index (χ0v) is 14.7. The average Bonchev–Trinajstić information content (AvgIpc) is 2.61. The summed E-state index contributed by atoms with van der Waals surface area (Å²) in [5, 5.41) is 2.89. The first kappa shape index (κ1) is 17.5. The third-order valence-electron chi connectivity index (χ3n) is 3.99. The number of pyridine rings is 1. The van der Waals surface area contributed by atoms with E-state index in [2.05, 4.69) is 5.32 Å². The molecule has 0 radical (unpaired) electrons. The molecule has 0 fully saturated rings. The fraction of sp³-hybridized carbons (Fsp3) is 0.143. The van der Waals surface area contributed by atoms with Crippen molar-refractivity contribution < 1.29 is 9.53 Å². The number of carbonyl (C=O) groups excluding carboxylic acids is 1. The average molecular weight is 348 g/mol. The summed E-state index contributed by atoms with van der Waals surface area (Å²) in [7, 11) is 0. The Balaban J connectivity index is 1.77. The fourth-order valence-corrected chi connectivity index (χ4v) is 2.74. The van der Waals surface area contributed by atoms with E-state index < -0.39 is 0 Å². The van der Waals surface area contributed by atoms with E-state index in [0.29, 0.717) is 17.2 Å². The van der Waals surface area contributed by atoms with Crippen molar-refractivity contribution in [3.8, 4) is 11.5 Å². The predicted molar refractivity (Wildman–Crippen MR) is 102 cm³/mol. The number of carbonyl (C=O) groups is 1. The van der Waals surface area contributed by atoms with Gasteiger partial charge >= 0.3 is 0 Å². The molecule has 3 aromatic rings. The van der Waals surface area contributed by atoms with Crippen LogP contribution >= 0.6 is 0 Å². The van der Waals surface area contributed by atoms with Crippen molar-refractivity contribution in [2.24, 2.45) is 0 Å². The van der Waals surface area contributed by atoms with Crippen molar-refractivity contribution in [3.05, 3.63) is 88.3 Å². The van der Waals surface area contributed by atoms with Crippen molar-refractivity contribution in [1.82, 2.24) is 4.57 Å². The summed E-state index contributed by atoms with van der Waals surface area (Å²) in [5.74, 6) is 1.07. The van der Waals surface area contributed by atoms with Crippen LogP contribution in [0.5, 0.6) is 11.5 Å².